The van der Waals surface area contributed by atoms with Crippen molar-refractivity contribution in [1.29, 1.82) is 0 Å². The van der Waals surface area contributed by atoms with Crippen molar-refractivity contribution >= 4 is 17.0 Å². The summed E-state index contributed by atoms with van der Waals surface area (Å²) in [7, 11) is 1.92. The Labute approximate surface area is 129 Å². The first-order chi connectivity index (χ1) is 10.3. The number of benzene rings is 1. The van der Waals surface area contributed by atoms with Gasteiger partial charge in [-0.05, 0) is 51.0 Å². The lowest BCUT2D eigenvalue weighted by atomic mass is 10.0. The summed E-state index contributed by atoms with van der Waals surface area (Å²) < 4.78 is 20.9. The van der Waals surface area contributed by atoms with Crippen LogP contribution in [0.3, 0.4) is 0 Å². The Morgan fingerprint density at radius 1 is 1.32 bits per heavy atom. The Hall–Kier alpha value is -2.04. The molecule has 0 radical (unpaired) electrons. The van der Waals surface area contributed by atoms with Crippen molar-refractivity contribution in [3.63, 3.8) is 0 Å². The van der Waals surface area contributed by atoms with Crippen LogP contribution in [0.1, 0.15) is 32.0 Å². The standard InChI is InChI=1S/C17H21FN2O2/c1-17(2,3)22-16(21)20-8-7-13-12-6-5-11(18)9-14(12)19(4)15(13)10-20/h5-6,9H,7-8,10H2,1-4H3. The van der Waals surface area contributed by atoms with E-state index in [2.05, 4.69) is 0 Å². The minimum absolute atomic E-state index is 0.241. The number of aryl methyl sites for hydroxylation is 1. The zero-order valence-electron chi connectivity index (χ0n) is 13.4. The highest BCUT2D eigenvalue weighted by Crippen LogP contribution is 2.31. The molecule has 2 aromatic rings. The third-order valence-electron chi connectivity index (χ3n) is 4.02. The van der Waals surface area contributed by atoms with Gasteiger partial charge in [-0.1, -0.05) is 0 Å². The van der Waals surface area contributed by atoms with E-state index < -0.39 is 5.60 Å². The summed E-state index contributed by atoms with van der Waals surface area (Å²) in [5.41, 5.74) is 2.63. The molecule has 1 amide bonds. The lowest BCUT2D eigenvalue weighted by molar-refractivity contribution is 0.0220. The lowest BCUT2D eigenvalue weighted by Gasteiger charge is -2.30. The van der Waals surface area contributed by atoms with Gasteiger partial charge in [0.05, 0.1) is 12.1 Å². The van der Waals surface area contributed by atoms with E-state index in [4.69, 9.17) is 4.74 Å². The van der Waals surface area contributed by atoms with Gasteiger partial charge < -0.3 is 14.2 Å². The van der Waals surface area contributed by atoms with Crippen molar-refractivity contribution < 1.29 is 13.9 Å². The molecule has 0 saturated heterocycles. The Balaban J connectivity index is 1.93. The fraction of sp³-hybridized carbons (Fsp3) is 0.471. The number of amides is 1. The molecule has 0 aliphatic carbocycles. The number of carbonyl (C=O) groups is 1. The van der Waals surface area contributed by atoms with Crippen LogP contribution >= 0.6 is 0 Å². The van der Waals surface area contributed by atoms with Gasteiger partial charge in [0, 0.05) is 24.7 Å². The highest BCUT2D eigenvalue weighted by atomic mass is 19.1. The molecule has 22 heavy (non-hydrogen) atoms. The van der Waals surface area contributed by atoms with E-state index in [0.717, 1.165) is 23.0 Å². The smallest absolute Gasteiger partial charge is 0.410 e. The fourth-order valence-electron chi connectivity index (χ4n) is 3.01. The quantitative estimate of drug-likeness (QED) is 0.745. The summed E-state index contributed by atoms with van der Waals surface area (Å²) in [5.74, 6) is -0.241. The van der Waals surface area contributed by atoms with Gasteiger partial charge in [-0.3, -0.25) is 0 Å². The van der Waals surface area contributed by atoms with Gasteiger partial charge in [0.15, 0.2) is 0 Å². The molecule has 118 valence electrons. The molecule has 1 aliphatic heterocycles. The number of nitrogens with zero attached hydrogens (tertiary/aromatic N) is 2. The second-order valence-corrected chi connectivity index (χ2v) is 6.80. The maximum atomic E-state index is 13.5. The number of rotatable bonds is 0. The van der Waals surface area contributed by atoms with E-state index in [1.807, 2.05) is 38.5 Å². The Kier molecular flexibility index (Phi) is 3.38. The van der Waals surface area contributed by atoms with Crippen LogP contribution in [-0.4, -0.2) is 27.7 Å². The maximum Gasteiger partial charge on any atom is 0.410 e. The minimum atomic E-state index is -0.501. The van der Waals surface area contributed by atoms with Crippen LogP contribution < -0.4 is 0 Å². The lowest BCUT2D eigenvalue weighted by Crippen LogP contribution is -2.40. The summed E-state index contributed by atoms with van der Waals surface area (Å²) in [6.45, 7) is 6.70. The molecular weight excluding hydrogens is 283 g/mol. The summed E-state index contributed by atoms with van der Waals surface area (Å²) >= 11 is 0. The van der Waals surface area contributed by atoms with Crippen molar-refractivity contribution in [2.45, 2.75) is 39.3 Å². The van der Waals surface area contributed by atoms with Crippen molar-refractivity contribution in [3.05, 3.63) is 35.3 Å². The summed E-state index contributed by atoms with van der Waals surface area (Å²) in [4.78, 5) is 13.9. The van der Waals surface area contributed by atoms with Crippen LogP contribution in [0.2, 0.25) is 0 Å². The number of ether oxygens (including phenoxy) is 1. The number of fused-ring (bicyclic) bond motifs is 3. The predicted octanol–water partition coefficient (Wildman–Crippen LogP) is 3.61. The van der Waals surface area contributed by atoms with Gasteiger partial charge in [0.2, 0.25) is 0 Å². The predicted molar refractivity (Wildman–Crippen MR) is 83.2 cm³/mol. The highest BCUT2D eigenvalue weighted by molar-refractivity contribution is 5.86. The van der Waals surface area contributed by atoms with E-state index in [9.17, 15) is 9.18 Å². The molecule has 0 bridgehead atoms. The Morgan fingerprint density at radius 3 is 2.73 bits per heavy atom. The van der Waals surface area contributed by atoms with E-state index >= 15 is 0 Å². The number of halogens is 1. The molecule has 2 heterocycles. The molecule has 5 heteroatoms. The average Bonchev–Trinajstić information content (AvgIpc) is 2.70. The normalized spacial score (nSPS) is 15.0. The van der Waals surface area contributed by atoms with Gasteiger partial charge in [0.25, 0.3) is 0 Å². The Bertz CT molecular complexity index is 743. The molecule has 0 unspecified atom stereocenters. The number of aromatic nitrogens is 1. The number of carbonyl (C=O) groups excluding carboxylic acids is 1. The van der Waals surface area contributed by atoms with Gasteiger partial charge in [-0.2, -0.15) is 0 Å². The highest BCUT2D eigenvalue weighted by Gasteiger charge is 2.28. The first-order valence-corrected chi connectivity index (χ1v) is 7.50. The van der Waals surface area contributed by atoms with Gasteiger partial charge >= 0.3 is 6.09 Å². The monoisotopic (exact) mass is 304 g/mol. The summed E-state index contributed by atoms with van der Waals surface area (Å²) in [5, 5.41) is 1.07. The molecule has 0 atom stereocenters. The molecule has 4 nitrogen and oxygen atoms in total. The van der Waals surface area contributed by atoms with Crippen molar-refractivity contribution in [2.75, 3.05) is 6.54 Å². The maximum absolute atomic E-state index is 13.5. The molecule has 0 N–H and O–H groups in total. The van der Waals surface area contributed by atoms with Crippen molar-refractivity contribution in [2.24, 2.45) is 7.05 Å². The van der Waals surface area contributed by atoms with Gasteiger partial charge in [-0.25, -0.2) is 9.18 Å². The number of hydrogen-bond donors (Lipinski definition) is 0. The molecule has 1 aromatic heterocycles. The fourth-order valence-corrected chi connectivity index (χ4v) is 3.01. The third-order valence-corrected chi connectivity index (χ3v) is 4.02. The second-order valence-electron chi connectivity index (χ2n) is 6.80. The van der Waals surface area contributed by atoms with Crippen LogP contribution in [0.5, 0.6) is 0 Å². The van der Waals surface area contributed by atoms with Crippen LogP contribution in [0, 0.1) is 5.82 Å². The van der Waals surface area contributed by atoms with Gasteiger partial charge in [0.1, 0.15) is 11.4 Å². The number of hydrogen-bond acceptors (Lipinski definition) is 2. The minimum Gasteiger partial charge on any atom is -0.444 e. The molecule has 0 saturated carbocycles. The molecule has 0 spiro atoms. The third kappa shape index (κ3) is 2.56. The molecule has 1 aliphatic rings. The molecule has 1 aromatic carbocycles. The molecule has 0 fully saturated rings. The Morgan fingerprint density at radius 2 is 2.05 bits per heavy atom. The van der Waals surface area contributed by atoms with Crippen LogP contribution in [0.25, 0.3) is 10.9 Å². The van der Waals surface area contributed by atoms with Gasteiger partial charge in [-0.15, -0.1) is 0 Å². The largest absolute Gasteiger partial charge is 0.444 e. The first kappa shape index (κ1) is 14.9. The average molecular weight is 304 g/mol. The topological polar surface area (TPSA) is 34.5 Å². The van der Waals surface area contributed by atoms with Crippen LogP contribution in [0.4, 0.5) is 9.18 Å². The zero-order chi connectivity index (χ0) is 16.1. The van der Waals surface area contributed by atoms with Crippen molar-refractivity contribution in [3.8, 4) is 0 Å². The van der Waals surface area contributed by atoms with E-state index in [1.165, 1.54) is 11.6 Å². The zero-order valence-corrected chi connectivity index (χ0v) is 13.4. The SMILES string of the molecule is Cn1c2c(c3ccc(F)cc31)CCN(C(=O)OC(C)(C)C)C2. The van der Waals surface area contributed by atoms with Crippen LogP contribution in [-0.2, 0) is 24.8 Å². The molecule has 3 rings (SSSR count). The summed E-state index contributed by atoms with van der Waals surface area (Å²) in [6.07, 6.45) is 0.465. The van der Waals surface area contributed by atoms with Crippen molar-refractivity contribution in [1.82, 2.24) is 9.47 Å². The van der Waals surface area contributed by atoms with E-state index in [-0.39, 0.29) is 11.9 Å². The van der Waals surface area contributed by atoms with E-state index in [1.54, 1.807) is 11.0 Å². The molecular formula is C17H21FN2O2. The van der Waals surface area contributed by atoms with E-state index in [0.29, 0.717) is 13.1 Å². The first-order valence-electron chi connectivity index (χ1n) is 7.50. The second kappa shape index (κ2) is 5.00. The summed E-state index contributed by atoms with van der Waals surface area (Å²) in [6, 6.07) is 4.86. The van der Waals surface area contributed by atoms with Crippen LogP contribution in [0.15, 0.2) is 18.2 Å².